The minimum absolute atomic E-state index is 0.0245. The lowest BCUT2D eigenvalue weighted by molar-refractivity contribution is 0.0933. The van der Waals surface area contributed by atoms with Gasteiger partial charge in [-0.3, -0.25) is 9.20 Å². The van der Waals surface area contributed by atoms with E-state index < -0.39 is 0 Å². The summed E-state index contributed by atoms with van der Waals surface area (Å²) in [5, 5.41) is 3.26. The molecule has 6 heteroatoms. The van der Waals surface area contributed by atoms with Crippen LogP contribution in [0.25, 0.3) is 26.4 Å². The third kappa shape index (κ3) is 3.56. The zero-order valence-electron chi connectivity index (χ0n) is 18.2. The van der Waals surface area contributed by atoms with Gasteiger partial charge >= 0.3 is 0 Å². The second-order valence-corrected chi connectivity index (χ2v) is 9.42. The molecule has 1 amide bonds. The van der Waals surface area contributed by atoms with Crippen LogP contribution in [-0.2, 0) is 6.42 Å². The summed E-state index contributed by atoms with van der Waals surface area (Å²) in [4.78, 5) is 18.8. The first-order valence-corrected chi connectivity index (χ1v) is 12.0. The number of hydrogen-bond donors (Lipinski definition) is 1. The Balaban J connectivity index is 1.28. The highest BCUT2D eigenvalue weighted by Crippen LogP contribution is 2.32. The van der Waals surface area contributed by atoms with Crippen molar-refractivity contribution in [1.29, 1.82) is 0 Å². The van der Waals surface area contributed by atoms with E-state index in [2.05, 4.69) is 40.2 Å². The van der Waals surface area contributed by atoms with Crippen molar-refractivity contribution in [2.75, 3.05) is 7.11 Å². The van der Waals surface area contributed by atoms with Gasteiger partial charge in [0.05, 0.1) is 29.1 Å². The number of methoxy groups -OCH3 is 1. The standard InChI is InChI=1S/C27H23N3O2S/c1-32-20-12-9-18(10-13-20)23-16-30-24-14-11-19(15-25(24)33-27(30)29-23)26(31)28-22-8-4-6-17-5-2-3-7-21(17)22/h2-3,5,7,9-16,22H,4,6,8H2,1H3,(H,28,31)/t22-/m1/s1. The molecular formula is C27H23N3O2S. The lowest BCUT2D eigenvalue weighted by Crippen LogP contribution is -2.30. The van der Waals surface area contributed by atoms with Crippen molar-refractivity contribution in [1.82, 2.24) is 14.7 Å². The number of amides is 1. The van der Waals surface area contributed by atoms with Gasteiger partial charge in [0.15, 0.2) is 4.96 Å². The van der Waals surface area contributed by atoms with Crippen molar-refractivity contribution in [2.45, 2.75) is 25.3 Å². The summed E-state index contributed by atoms with van der Waals surface area (Å²) in [7, 11) is 1.66. The fourth-order valence-electron chi connectivity index (χ4n) is 4.69. The average molecular weight is 454 g/mol. The molecule has 1 atom stereocenters. The van der Waals surface area contributed by atoms with Crippen molar-refractivity contribution in [2.24, 2.45) is 0 Å². The van der Waals surface area contributed by atoms with Crippen LogP contribution in [0.15, 0.2) is 72.9 Å². The largest absolute Gasteiger partial charge is 0.497 e. The van der Waals surface area contributed by atoms with Gasteiger partial charge in [-0.2, -0.15) is 0 Å². The van der Waals surface area contributed by atoms with Crippen LogP contribution in [0.1, 0.15) is 40.4 Å². The first-order chi connectivity index (χ1) is 16.2. The van der Waals surface area contributed by atoms with Gasteiger partial charge in [0.1, 0.15) is 5.75 Å². The molecule has 0 bridgehead atoms. The molecule has 1 aliphatic carbocycles. The highest BCUT2D eigenvalue weighted by molar-refractivity contribution is 7.23. The Bertz CT molecular complexity index is 1480. The molecule has 0 fully saturated rings. The van der Waals surface area contributed by atoms with E-state index in [1.807, 2.05) is 42.5 Å². The summed E-state index contributed by atoms with van der Waals surface area (Å²) in [6.07, 6.45) is 5.21. The number of ether oxygens (including phenoxy) is 1. The van der Waals surface area contributed by atoms with Gasteiger partial charge < -0.3 is 10.1 Å². The molecule has 5 aromatic rings. The number of nitrogens with zero attached hydrogens (tertiary/aromatic N) is 2. The van der Waals surface area contributed by atoms with Crippen LogP contribution >= 0.6 is 11.3 Å². The van der Waals surface area contributed by atoms with E-state index in [9.17, 15) is 4.79 Å². The summed E-state index contributed by atoms with van der Waals surface area (Å²) in [5.41, 5.74) is 6.30. The van der Waals surface area contributed by atoms with Gasteiger partial charge in [0, 0.05) is 17.3 Å². The van der Waals surface area contributed by atoms with Crippen LogP contribution in [0.4, 0.5) is 0 Å². The van der Waals surface area contributed by atoms with Crippen LogP contribution in [0.5, 0.6) is 5.75 Å². The lowest BCUT2D eigenvalue weighted by Gasteiger charge is -2.26. The van der Waals surface area contributed by atoms with Gasteiger partial charge in [-0.05, 0) is 72.9 Å². The number of aromatic nitrogens is 2. The molecule has 0 saturated heterocycles. The number of aryl methyl sites for hydroxylation is 1. The fourth-order valence-corrected chi connectivity index (χ4v) is 5.74. The van der Waals surface area contributed by atoms with Gasteiger partial charge in [0.25, 0.3) is 5.91 Å². The molecule has 0 unspecified atom stereocenters. The van der Waals surface area contributed by atoms with Crippen LogP contribution in [-0.4, -0.2) is 22.4 Å². The summed E-state index contributed by atoms with van der Waals surface area (Å²) < 4.78 is 8.39. The molecule has 3 aromatic carbocycles. The highest BCUT2D eigenvalue weighted by Gasteiger charge is 2.22. The third-order valence-corrected chi connectivity index (χ3v) is 7.43. The Hall–Kier alpha value is -3.64. The number of imidazole rings is 1. The van der Waals surface area contributed by atoms with E-state index in [4.69, 9.17) is 9.72 Å². The van der Waals surface area contributed by atoms with Crippen molar-refractivity contribution in [3.8, 4) is 17.0 Å². The molecule has 6 rings (SSSR count). The minimum Gasteiger partial charge on any atom is -0.497 e. The molecule has 0 aliphatic heterocycles. The second kappa shape index (κ2) is 8.05. The Labute approximate surface area is 195 Å². The zero-order valence-corrected chi connectivity index (χ0v) is 19.1. The molecule has 0 spiro atoms. The molecule has 1 N–H and O–H groups in total. The molecule has 0 radical (unpaired) electrons. The van der Waals surface area contributed by atoms with Gasteiger partial charge in [-0.15, -0.1) is 0 Å². The Morgan fingerprint density at radius 3 is 2.82 bits per heavy atom. The highest BCUT2D eigenvalue weighted by atomic mass is 32.1. The van der Waals surface area contributed by atoms with Gasteiger partial charge in [-0.1, -0.05) is 35.6 Å². The number of fused-ring (bicyclic) bond motifs is 4. The first-order valence-electron chi connectivity index (χ1n) is 11.1. The van der Waals surface area contributed by atoms with Crippen molar-refractivity contribution >= 4 is 32.4 Å². The van der Waals surface area contributed by atoms with E-state index in [-0.39, 0.29) is 11.9 Å². The molecule has 2 aromatic heterocycles. The maximum absolute atomic E-state index is 13.1. The predicted octanol–water partition coefficient (Wildman–Crippen LogP) is 6.03. The first kappa shape index (κ1) is 20.0. The summed E-state index contributed by atoms with van der Waals surface area (Å²) in [6.45, 7) is 0. The maximum Gasteiger partial charge on any atom is 0.251 e. The van der Waals surface area contributed by atoms with Crippen LogP contribution in [0, 0.1) is 0 Å². The molecule has 5 nitrogen and oxygen atoms in total. The van der Waals surface area contributed by atoms with Crippen LogP contribution in [0.3, 0.4) is 0 Å². The summed E-state index contributed by atoms with van der Waals surface area (Å²) in [6, 6.07) is 22.3. The van der Waals surface area contributed by atoms with Crippen molar-refractivity contribution in [3.05, 3.63) is 89.6 Å². The van der Waals surface area contributed by atoms with Crippen LogP contribution < -0.4 is 10.1 Å². The third-order valence-electron chi connectivity index (χ3n) is 6.42. The SMILES string of the molecule is COc1ccc(-c2cn3c(n2)sc2cc(C(=O)N[C@@H]4CCCc5ccccc54)ccc23)cc1. The second-order valence-electron chi connectivity index (χ2n) is 8.41. The number of carbonyl (C=O) groups excluding carboxylic acids is 1. The summed E-state index contributed by atoms with van der Waals surface area (Å²) >= 11 is 1.60. The number of rotatable bonds is 4. The van der Waals surface area contributed by atoms with Crippen molar-refractivity contribution < 1.29 is 9.53 Å². The number of thiazole rings is 1. The molecule has 164 valence electrons. The fraction of sp³-hybridized carbons (Fsp3) is 0.185. The maximum atomic E-state index is 13.1. The average Bonchev–Trinajstić information content (AvgIpc) is 3.42. The monoisotopic (exact) mass is 453 g/mol. The van der Waals surface area contributed by atoms with Gasteiger partial charge in [0.2, 0.25) is 0 Å². The molecule has 0 saturated carbocycles. The number of hydrogen-bond acceptors (Lipinski definition) is 4. The normalized spacial score (nSPS) is 15.5. The predicted molar refractivity (Wildman–Crippen MR) is 132 cm³/mol. The van der Waals surface area contributed by atoms with Crippen molar-refractivity contribution in [3.63, 3.8) is 0 Å². The molecule has 1 aliphatic rings. The number of nitrogens with one attached hydrogen (secondary N) is 1. The quantitative estimate of drug-likeness (QED) is 0.361. The van der Waals surface area contributed by atoms with E-state index in [1.165, 1.54) is 11.1 Å². The zero-order chi connectivity index (χ0) is 22.4. The lowest BCUT2D eigenvalue weighted by atomic mass is 9.87. The van der Waals surface area contributed by atoms with Crippen LogP contribution in [0.2, 0.25) is 0 Å². The molecule has 2 heterocycles. The molecule has 33 heavy (non-hydrogen) atoms. The van der Waals surface area contributed by atoms with E-state index in [1.54, 1.807) is 18.4 Å². The van der Waals surface area contributed by atoms with E-state index >= 15 is 0 Å². The Morgan fingerprint density at radius 2 is 1.97 bits per heavy atom. The van der Waals surface area contributed by atoms with E-state index in [0.29, 0.717) is 5.56 Å². The number of carbonyl (C=O) groups is 1. The minimum atomic E-state index is -0.0245. The summed E-state index contributed by atoms with van der Waals surface area (Å²) in [5.74, 6) is 0.802. The number of benzene rings is 3. The Kier molecular flexibility index (Phi) is 4.88. The molecular weight excluding hydrogens is 430 g/mol. The topological polar surface area (TPSA) is 55.6 Å². The van der Waals surface area contributed by atoms with Gasteiger partial charge in [-0.25, -0.2) is 4.98 Å². The smallest absolute Gasteiger partial charge is 0.251 e. The Morgan fingerprint density at radius 1 is 1.12 bits per heavy atom. The van der Waals surface area contributed by atoms with E-state index in [0.717, 1.165) is 51.4 Å².